The van der Waals surface area contributed by atoms with Gasteiger partial charge in [0.1, 0.15) is 5.69 Å². The van der Waals surface area contributed by atoms with Gasteiger partial charge in [0.25, 0.3) is 5.56 Å². The molecule has 1 aromatic rings. The van der Waals surface area contributed by atoms with E-state index in [-0.39, 0.29) is 11.5 Å². The van der Waals surface area contributed by atoms with E-state index >= 15 is 0 Å². The average molecular weight is 223 g/mol. The molecule has 0 atom stereocenters. The Kier molecular flexibility index (Phi) is 4.25. The number of pyridine rings is 1. The number of anilines is 1. The van der Waals surface area contributed by atoms with Crippen LogP contribution in [0, 0.1) is 6.92 Å². The molecule has 88 valence electrons. The summed E-state index contributed by atoms with van der Waals surface area (Å²) in [5.74, 6) is -0.156. The number of hydrogen-bond donors (Lipinski definition) is 2. The Balaban J connectivity index is 2.81. The number of carbonyl (C=O) groups is 1. The number of amides is 1. The molecule has 5 heteroatoms. The highest BCUT2D eigenvalue weighted by Crippen LogP contribution is 2.03. The Labute approximate surface area is 94.5 Å². The van der Waals surface area contributed by atoms with E-state index in [1.165, 1.54) is 4.57 Å². The second kappa shape index (κ2) is 5.46. The van der Waals surface area contributed by atoms with Gasteiger partial charge in [-0.15, -0.1) is 0 Å². The minimum atomic E-state index is -0.191. The molecular weight excluding hydrogens is 206 g/mol. The highest BCUT2D eigenvalue weighted by atomic mass is 16.2. The van der Waals surface area contributed by atoms with Gasteiger partial charge in [-0.2, -0.15) is 0 Å². The van der Waals surface area contributed by atoms with Gasteiger partial charge in [0.05, 0.1) is 0 Å². The second-order valence-corrected chi connectivity index (χ2v) is 3.75. The van der Waals surface area contributed by atoms with Gasteiger partial charge in [-0.3, -0.25) is 9.59 Å². The molecule has 0 fully saturated rings. The van der Waals surface area contributed by atoms with E-state index in [1.54, 1.807) is 26.4 Å². The van der Waals surface area contributed by atoms with Crippen LogP contribution in [0.5, 0.6) is 0 Å². The van der Waals surface area contributed by atoms with Crippen LogP contribution in [0.2, 0.25) is 0 Å². The van der Waals surface area contributed by atoms with Crippen LogP contribution in [-0.2, 0) is 11.8 Å². The first kappa shape index (κ1) is 12.4. The lowest BCUT2D eigenvalue weighted by molar-refractivity contribution is -0.116. The summed E-state index contributed by atoms with van der Waals surface area (Å²) in [6, 6.07) is 1.68. The maximum absolute atomic E-state index is 11.7. The van der Waals surface area contributed by atoms with Crippen LogP contribution < -0.4 is 16.2 Å². The molecule has 0 aliphatic heterocycles. The molecule has 0 saturated heterocycles. The molecule has 0 radical (unpaired) electrons. The number of nitrogens with one attached hydrogen (secondary N) is 2. The van der Waals surface area contributed by atoms with E-state index < -0.39 is 0 Å². The summed E-state index contributed by atoms with van der Waals surface area (Å²) in [7, 11) is 3.44. The van der Waals surface area contributed by atoms with E-state index in [9.17, 15) is 9.59 Å². The fourth-order valence-electron chi connectivity index (χ4n) is 1.42. The summed E-state index contributed by atoms with van der Waals surface area (Å²) in [5.41, 5.74) is 1.08. The second-order valence-electron chi connectivity index (χ2n) is 3.75. The van der Waals surface area contributed by atoms with Crippen molar-refractivity contribution >= 4 is 11.6 Å². The lowest BCUT2D eigenvalue weighted by Crippen LogP contribution is -2.25. The van der Waals surface area contributed by atoms with E-state index in [2.05, 4.69) is 10.6 Å². The van der Waals surface area contributed by atoms with E-state index in [0.29, 0.717) is 18.7 Å². The predicted octanol–water partition coefficient (Wildman–Crippen LogP) is 0.242. The van der Waals surface area contributed by atoms with Crippen molar-refractivity contribution < 1.29 is 4.79 Å². The lowest BCUT2D eigenvalue weighted by Gasteiger charge is -2.07. The van der Waals surface area contributed by atoms with Crippen LogP contribution in [0.15, 0.2) is 17.1 Å². The number of hydrogen-bond acceptors (Lipinski definition) is 3. The first-order chi connectivity index (χ1) is 7.54. The highest BCUT2D eigenvalue weighted by Gasteiger charge is 2.06. The summed E-state index contributed by atoms with van der Waals surface area (Å²) in [4.78, 5) is 23.1. The lowest BCUT2D eigenvalue weighted by atomic mass is 10.2. The molecule has 2 N–H and O–H groups in total. The molecule has 1 aromatic heterocycles. The smallest absolute Gasteiger partial charge is 0.274 e. The van der Waals surface area contributed by atoms with E-state index in [4.69, 9.17) is 0 Å². The van der Waals surface area contributed by atoms with Crippen LogP contribution in [-0.4, -0.2) is 24.1 Å². The van der Waals surface area contributed by atoms with Crippen molar-refractivity contribution in [1.82, 2.24) is 9.88 Å². The molecule has 5 nitrogen and oxygen atoms in total. The third kappa shape index (κ3) is 3.20. The minimum absolute atomic E-state index is 0.156. The fraction of sp³-hybridized carbons (Fsp3) is 0.455. The molecule has 1 heterocycles. The minimum Gasteiger partial charge on any atom is -0.321 e. The third-order valence-electron chi connectivity index (χ3n) is 2.20. The molecule has 16 heavy (non-hydrogen) atoms. The van der Waals surface area contributed by atoms with Crippen LogP contribution in [0.25, 0.3) is 0 Å². The van der Waals surface area contributed by atoms with Crippen molar-refractivity contribution in [3.63, 3.8) is 0 Å². The van der Waals surface area contributed by atoms with Crippen molar-refractivity contribution in [1.29, 1.82) is 0 Å². The summed E-state index contributed by atoms with van der Waals surface area (Å²) in [5, 5.41) is 5.49. The van der Waals surface area contributed by atoms with Crippen molar-refractivity contribution in [3.05, 3.63) is 28.2 Å². The zero-order valence-corrected chi connectivity index (χ0v) is 9.83. The SMILES string of the molecule is CNCCC(=O)Nc1cc(C)cn(C)c1=O. The number of aromatic nitrogens is 1. The zero-order chi connectivity index (χ0) is 12.1. The summed E-state index contributed by atoms with van der Waals surface area (Å²) < 4.78 is 1.46. The summed E-state index contributed by atoms with van der Waals surface area (Å²) >= 11 is 0. The van der Waals surface area contributed by atoms with Crippen LogP contribution >= 0.6 is 0 Å². The maximum Gasteiger partial charge on any atom is 0.274 e. The Bertz CT molecular complexity index is 437. The van der Waals surface area contributed by atoms with Crippen LogP contribution in [0.4, 0.5) is 5.69 Å². The van der Waals surface area contributed by atoms with Gasteiger partial charge in [-0.1, -0.05) is 0 Å². The largest absolute Gasteiger partial charge is 0.321 e. The molecule has 0 spiro atoms. The Morgan fingerprint density at radius 3 is 2.81 bits per heavy atom. The highest BCUT2D eigenvalue weighted by molar-refractivity contribution is 5.90. The Morgan fingerprint density at radius 2 is 2.19 bits per heavy atom. The standard InChI is InChI=1S/C11H17N3O2/c1-8-6-9(11(16)14(3)7-8)13-10(15)4-5-12-2/h6-7,12H,4-5H2,1-3H3,(H,13,15). The van der Waals surface area contributed by atoms with Crippen LogP contribution in [0.1, 0.15) is 12.0 Å². The Hall–Kier alpha value is -1.62. The Morgan fingerprint density at radius 1 is 1.50 bits per heavy atom. The molecule has 0 unspecified atom stereocenters. The van der Waals surface area contributed by atoms with Gasteiger partial charge >= 0.3 is 0 Å². The van der Waals surface area contributed by atoms with E-state index in [0.717, 1.165) is 5.56 Å². The molecular formula is C11H17N3O2. The number of carbonyl (C=O) groups excluding carboxylic acids is 1. The summed E-state index contributed by atoms with van der Waals surface area (Å²) in [6.07, 6.45) is 2.08. The molecule has 0 aliphatic rings. The average Bonchev–Trinajstić information content (AvgIpc) is 2.22. The molecule has 0 aromatic carbocycles. The first-order valence-electron chi connectivity index (χ1n) is 5.16. The first-order valence-corrected chi connectivity index (χ1v) is 5.16. The van der Waals surface area contributed by atoms with Gasteiger partial charge in [-0.05, 0) is 25.6 Å². The molecule has 1 amide bonds. The van der Waals surface area contributed by atoms with Gasteiger partial charge in [0, 0.05) is 26.2 Å². The van der Waals surface area contributed by atoms with Gasteiger partial charge in [0.15, 0.2) is 0 Å². The topological polar surface area (TPSA) is 63.1 Å². The van der Waals surface area contributed by atoms with Gasteiger partial charge in [-0.25, -0.2) is 0 Å². The van der Waals surface area contributed by atoms with Gasteiger partial charge in [0.2, 0.25) is 5.91 Å². The van der Waals surface area contributed by atoms with Gasteiger partial charge < -0.3 is 15.2 Å². The number of nitrogens with zero attached hydrogens (tertiary/aromatic N) is 1. The summed E-state index contributed by atoms with van der Waals surface area (Å²) in [6.45, 7) is 2.47. The van der Waals surface area contributed by atoms with Crippen molar-refractivity contribution in [2.24, 2.45) is 7.05 Å². The molecule has 0 bridgehead atoms. The molecule has 0 saturated carbocycles. The maximum atomic E-state index is 11.7. The van der Waals surface area contributed by atoms with Crippen molar-refractivity contribution in [2.75, 3.05) is 18.9 Å². The quantitative estimate of drug-likeness (QED) is 0.768. The third-order valence-corrected chi connectivity index (χ3v) is 2.20. The zero-order valence-electron chi connectivity index (χ0n) is 9.83. The molecule has 1 rings (SSSR count). The normalized spacial score (nSPS) is 10.2. The monoisotopic (exact) mass is 223 g/mol. The van der Waals surface area contributed by atoms with Crippen molar-refractivity contribution in [3.8, 4) is 0 Å². The van der Waals surface area contributed by atoms with E-state index in [1.807, 2.05) is 6.92 Å². The predicted molar refractivity (Wildman–Crippen MR) is 63.6 cm³/mol. The number of rotatable bonds is 4. The molecule has 0 aliphatic carbocycles. The van der Waals surface area contributed by atoms with Crippen LogP contribution in [0.3, 0.4) is 0 Å². The number of aryl methyl sites for hydroxylation is 2. The van der Waals surface area contributed by atoms with Crippen molar-refractivity contribution in [2.45, 2.75) is 13.3 Å². The fourth-order valence-corrected chi connectivity index (χ4v) is 1.42.